The van der Waals surface area contributed by atoms with Gasteiger partial charge in [0.2, 0.25) is 0 Å². The lowest BCUT2D eigenvalue weighted by Crippen LogP contribution is -1.88. The molecule has 3 aromatic rings. The lowest BCUT2D eigenvalue weighted by atomic mass is 10.2. The summed E-state index contributed by atoms with van der Waals surface area (Å²) < 4.78 is 19.6. The molecule has 0 aliphatic carbocycles. The molecule has 1 N–H and O–H groups in total. The summed E-state index contributed by atoms with van der Waals surface area (Å²) in [7, 11) is 1.54. The molecular formula is C14H10BrFN2O. The van der Waals surface area contributed by atoms with E-state index in [0.717, 1.165) is 5.56 Å². The van der Waals surface area contributed by atoms with E-state index < -0.39 is 5.82 Å². The molecule has 0 spiro atoms. The van der Waals surface area contributed by atoms with E-state index in [4.69, 9.17) is 4.74 Å². The van der Waals surface area contributed by atoms with Crippen molar-refractivity contribution in [2.45, 2.75) is 0 Å². The molecule has 0 bridgehead atoms. The SMILES string of the molecule is COc1cc(Br)c(F)c2nc(-c3ccccc3)[nH]c12. The van der Waals surface area contributed by atoms with Gasteiger partial charge in [-0.3, -0.25) is 0 Å². The molecule has 0 radical (unpaired) electrons. The minimum absolute atomic E-state index is 0.269. The van der Waals surface area contributed by atoms with E-state index in [1.54, 1.807) is 13.2 Å². The first-order valence-electron chi connectivity index (χ1n) is 5.68. The highest BCUT2D eigenvalue weighted by Crippen LogP contribution is 2.33. The fourth-order valence-corrected chi connectivity index (χ4v) is 2.36. The van der Waals surface area contributed by atoms with Crippen LogP contribution in [-0.4, -0.2) is 17.1 Å². The van der Waals surface area contributed by atoms with E-state index in [-0.39, 0.29) is 5.52 Å². The van der Waals surface area contributed by atoms with Crippen LogP contribution in [0.15, 0.2) is 40.9 Å². The van der Waals surface area contributed by atoms with Crippen molar-refractivity contribution < 1.29 is 9.13 Å². The number of hydrogen-bond acceptors (Lipinski definition) is 2. The second kappa shape index (κ2) is 4.66. The van der Waals surface area contributed by atoms with E-state index in [1.807, 2.05) is 30.3 Å². The Kier molecular flexibility index (Phi) is 2.98. The molecule has 3 nitrogen and oxygen atoms in total. The van der Waals surface area contributed by atoms with Gasteiger partial charge in [-0.15, -0.1) is 0 Å². The minimum atomic E-state index is -0.394. The summed E-state index contributed by atoms with van der Waals surface area (Å²) in [5, 5.41) is 0. The maximum atomic E-state index is 14.1. The highest BCUT2D eigenvalue weighted by molar-refractivity contribution is 9.10. The summed E-state index contributed by atoms with van der Waals surface area (Å²) in [4.78, 5) is 7.41. The van der Waals surface area contributed by atoms with Gasteiger partial charge in [0.1, 0.15) is 22.6 Å². The first-order chi connectivity index (χ1) is 9.20. The van der Waals surface area contributed by atoms with Crippen molar-refractivity contribution >= 4 is 27.0 Å². The topological polar surface area (TPSA) is 37.9 Å². The van der Waals surface area contributed by atoms with E-state index in [0.29, 0.717) is 21.6 Å². The molecule has 5 heteroatoms. The zero-order valence-corrected chi connectivity index (χ0v) is 11.7. The van der Waals surface area contributed by atoms with Crippen molar-refractivity contribution in [3.63, 3.8) is 0 Å². The number of aromatic amines is 1. The quantitative estimate of drug-likeness (QED) is 0.770. The number of ether oxygens (including phenoxy) is 1. The molecule has 19 heavy (non-hydrogen) atoms. The summed E-state index contributed by atoms with van der Waals surface area (Å²) in [6.07, 6.45) is 0. The van der Waals surface area contributed by atoms with Crippen LogP contribution in [0.5, 0.6) is 5.75 Å². The molecular weight excluding hydrogens is 311 g/mol. The Morgan fingerprint density at radius 1 is 1.26 bits per heavy atom. The highest BCUT2D eigenvalue weighted by atomic mass is 79.9. The van der Waals surface area contributed by atoms with Gasteiger partial charge < -0.3 is 9.72 Å². The number of benzene rings is 2. The van der Waals surface area contributed by atoms with Crippen molar-refractivity contribution in [1.29, 1.82) is 0 Å². The van der Waals surface area contributed by atoms with Gasteiger partial charge in [-0.1, -0.05) is 30.3 Å². The number of methoxy groups -OCH3 is 1. The second-order valence-electron chi connectivity index (χ2n) is 4.05. The fraction of sp³-hybridized carbons (Fsp3) is 0.0714. The van der Waals surface area contributed by atoms with Gasteiger partial charge in [0.05, 0.1) is 11.6 Å². The number of nitrogens with zero attached hydrogens (tertiary/aromatic N) is 1. The second-order valence-corrected chi connectivity index (χ2v) is 4.90. The minimum Gasteiger partial charge on any atom is -0.494 e. The number of hydrogen-bond donors (Lipinski definition) is 1. The average Bonchev–Trinajstić information content (AvgIpc) is 2.89. The van der Waals surface area contributed by atoms with Gasteiger partial charge in [-0.2, -0.15) is 0 Å². The molecule has 0 atom stereocenters. The molecule has 0 fully saturated rings. The summed E-state index contributed by atoms with van der Waals surface area (Å²) in [6, 6.07) is 11.2. The van der Waals surface area contributed by atoms with Crippen LogP contribution in [-0.2, 0) is 0 Å². The maximum absolute atomic E-state index is 14.1. The lowest BCUT2D eigenvalue weighted by molar-refractivity contribution is 0.418. The van der Waals surface area contributed by atoms with E-state index in [2.05, 4.69) is 25.9 Å². The number of nitrogens with one attached hydrogen (secondary N) is 1. The first-order valence-corrected chi connectivity index (χ1v) is 6.47. The summed E-state index contributed by atoms with van der Waals surface area (Å²) in [6.45, 7) is 0. The third-order valence-corrected chi connectivity index (χ3v) is 3.47. The Morgan fingerprint density at radius 2 is 2.00 bits per heavy atom. The third-order valence-electron chi connectivity index (χ3n) is 2.89. The molecule has 0 saturated carbocycles. The van der Waals surface area contributed by atoms with Crippen molar-refractivity contribution in [1.82, 2.24) is 9.97 Å². The first kappa shape index (κ1) is 12.2. The Hall–Kier alpha value is -1.88. The van der Waals surface area contributed by atoms with Crippen molar-refractivity contribution in [2.24, 2.45) is 0 Å². The molecule has 2 aromatic carbocycles. The molecule has 0 aliphatic rings. The lowest BCUT2D eigenvalue weighted by Gasteiger charge is -2.02. The Labute approximate surface area is 117 Å². The van der Waals surface area contributed by atoms with E-state index >= 15 is 0 Å². The molecule has 0 aliphatic heterocycles. The summed E-state index contributed by atoms with van der Waals surface area (Å²) in [5.74, 6) is 0.776. The smallest absolute Gasteiger partial charge is 0.165 e. The van der Waals surface area contributed by atoms with E-state index in [9.17, 15) is 4.39 Å². The summed E-state index contributed by atoms with van der Waals surface area (Å²) >= 11 is 3.16. The molecule has 1 aromatic heterocycles. The number of H-pyrrole nitrogens is 1. The van der Waals surface area contributed by atoms with Crippen molar-refractivity contribution in [3.8, 4) is 17.1 Å². The zero-order chi connectivity index (χ0) is 13.4. The Balaban J connectivity index is 2.29. The summed E-state index contributed by atoms with van der Waals surface area (Å²) in [5.41, 5.74) is 1.73. The van der Waals surface area contributed by atoms with Gasteiger partial charge in [-0.05, 0) is 22.0 Å². The maximum Gasteiger partial charge on any atom is 0.165 e. The van der Waals surface area contributed by atoms with Crippen LogP contribution in [0.1, 0.15) is 0 Å². The standard InChI is InChI=1S/C14H10BrFN2O/c1-19-10-7-9(15)11(16)13-12(10)17-14(18-13)8-5-3-2-4-6-8/h2-7H,1H3,(H,17,18). The number of halogens is 2. The van der Waals surface area contributed by atoms with Crippen LogP contribution < -0.4 is 4.74 Å². The van der Waals surface area contributed by atoms with Gasteiger partial charge in [-0.25, -0.2) is 9.37 Å². The number of fused-ring (bicyclic) bond motifs is 1. The van der Waals surface area contributed by atoms with Gasteiger partial charge in [0.25, 0.3) is 0 Å². The average molecular weight is 321 g/mol. The molecule has 1 heterocycles. The Morgan fingerprint density at radius 3 is 2.68 bits per heavy atom. The monoisotopic (exact) mass is 320 g/mol. The number of aromatic nitrogens is 2. The van der Waals surface area contributed by atoms with Crippen molar-refractivity contribution in [3.05, 3.63) is 46.7 Å². The molecule has 96 valence electrons. The molecule has 0 unspecified atom stereocenters. The van der Waals surface area contributed by atoms with Gasteiger partial charge >= 0.3 is 0 Å². The highest BCUT2D eigenvalue weighted by Gasteiger charge is 2.16. The third kappa shape index (κ3) is 2.00. The van der Waals surface area contributed by atoms with Crippen LogP contribution in [0.4, 0.5) is 4.39 Å². The normalized spacial score (nSPS) is 10.9. The number of imidazole rings is 1. The largest absolute Gasteiger partial charge is 0.494 e. The van der Waals surface area contributed by atoms with Crippen LogP contribution in [0, 0.1) is 5.82 Å². The predicted octanol–water partition coefficient (Wildman–Crippen LogP) is 4.14. The van der Waals surface area contributed by atoms with Crippen LogP contribution in [0.25, 0.3) is 22.4 Å². The molecule has 0 amide bonds. The predicted molar refractivity (Wildman–Crippen MR) is 75.7 cm³/mol. The van der Waals surface area contributed by atoms with Gasteiger partial charge in [0, 0.05) is 5.56 Å². The molecule has 0 saturated heterocycles. The van der Waals surface area contributed by atoms with E-state index in [1.165, 1.54) is 0 Å². The fourth-order valence-electron chi connectivity index (χ4n) is 1.97. The van der Waals surface area contributed by atoms with Crippen LogP contribution in [0.3, 0.4) is 0 Å². The molecule has 3 rings (SSSR count). The van der Waals surface area contributed by atoms with Crippen LogP contribution in [0.2, 0.25) is 0 Å². The van der Waals surface area contributed by atoms with Crippen LogP contribution >= 0.6 is 15.9 Å². The van der Waals surface area contributed by atoms with Crippen molar-refractivity contribution in [2.75, 3.05) is 7.11 Å². The Bertz CT molecular complexity index is 740. The zero-order valence-electron chi connectivity index (χ0n) is 10.1. The van der Waals surface area contributed by atoms with Gasteiger partial charge in [0.15, 0.2) is 5.82 Å². The number of rotatable bonds is 2.